The molecule has 0 bridgehead atoms. The van der Waals surface area contributed by atoms with E-state index >= 15 is 0 Å². The van der Waals surface area contributed by atoms with E-state index in [1.165, 1.54) is 22.9 Å². The van der Waals surface area contributed by atoms with E-state index < -0.39 is 27.0 Å². The molecule has 38 heavy (non-hydrogen) atoms. The smallest absolute Gasteiger partial charge is 0.291 e. The van der Waals surface area contributed by atoms with Crippen molar-refractivity contribution in [1.82, 2.24) is 29.2 Å². The van der Waals surface area contributed by atoms with Gasteiger partial charge in [-0.3, -0.25) is 9.20 Å². The van der Waals surface area contributed by atoms with Crippen LogP contribution in [0, 0.1) is 17.2 Å². The van der Waals surface area contributed by atoms with Gasteiger partial charge in [-0.05, 0) is 25.8 Å². The fraction of sp³-hybridized carbons (Fsp3) is 0.522. The standard InChI is InChI=1S/C23H26F2N8O3S2/c1-13(2)22(34)32-7-6-31(10-14(32)3)16-8-15(38(35,36)30-23(12-26)4-5-23)11-33-17(9-27-19(16)33)20-28-29-21(37-20)18(24)25/h8-9,11,13-14,18,30H,4-7,10H2,1-3H3/t14-/m1/s1. The number of anilines is 1. The van der Waals surface area contributed by atoms with Crippen molar-refractivity contribution in [2.75, 3.05) is 24.5 Å². The Bertz CT molecular complexity index is 1540. The summed E-state index contributed by atoms with van der Waals surface area (Å²) >= 11 is 0.700. The minimum Gasteiger partial charge on any atom is -0.365 e. The van der Waals surface area contributed by atoms with Crippen LogP contribution in [0.5, 0.6) is 0 Å². The van der Waals surface area contributed by atoms with E-state index in [0.717, 1.165) is 0 Å². The lowest BCUT2D eigenvalue weighted by Gasteiger charge is -2.41. The molecule has 0 radical (unpaired) electrons. The maximum absolute atomic E-state index is 13.4. The molecule has 1 N–H and O–H groups in total. The fourth-order valence-electron chi connectivity index (χ4n) is 4.52. The maximum Gasteiger partial charge on any atom is 0.291 e. The van der Waals surface area contributed by atoms with E-state index in [2.05, 4.69) is 19.9 Å². The van der Waals surface area contributed by atoms with Crippen LogP contribution in [0.4, 0.5) is 14.5 Å². The fourth-order valence-corrected chi connectivity index (χ4v) is 6.62. The van der Waals surface area contributed by atoms with Gasteiger partial charge >= 0.3 is 0 Å². The number of sulfonamides is 1. The molecule has 5 rings (SSSR count). The average Bonchev–Trinajstić information content (AvgIpc) is 3.26. The number of nitrogens with one attached hydrogen (secondary N) is 1. The number of piperazine rings is 1. The van der Waals surface area contributed by atoms with E-state index in [1.807, 2.05) is 36.6 Å². The number of amides is 1. The quantitative estimate of drug-likeness (QED) is 0.463. The Hall–Kier alpha value is -3.22. The highest BCUT2D eigenvalue weighted by atomic mass is 32.2. The highest BCUT2D eigenvalue weighted by molar-refractivity contribution is 7.89. The van der Waals surface area contributed by atoms with Crippen molar-refractivity contribution < 1.29 is 22.0 Å². The minimum atomic E-state index is -4.12. The molecular formula is C23H26F2N8O3S2. The molecule has 15 heteroatoms. The number of alkyl halides is 2. The number of pyridine rings is 1. The summed E-state index contributed by atoms with van der Waals surface area (Å²) in [4.78, 5) is 20.8. The molecule has 1 atom stereocenters. The van der Waals surface area contributed by atoms with Crippen molar-refractivity contribution in [3.05, 3.63) is 23.5 Å². The van der Waals surface area contributed by atoms with Gasteiger partial charge in [0.05, 0.1) is 18.0 Å². The molecule has 1 aliphatic heterocycles. The topological polar surface area (TPSA) is 137 Å². The average molecular weight is 565 g/mol. The summed E-state index contributed by atoms with van der Waals surface area (Å²) in [5.41, 5.74) is 0.0906. The second-order valence-corrected chi connectivity index (χ2v) is 12.6. The summed E-state index contributed by atoms with van der Waals surface area (Å²) in [6, 6.07) is 3.38. The summed E-state index contributed by atoms with van der Waals surface area (Å²) in [6.45, 7) is 6.94. The lowest BCUT2D eigenvalue weighted by atomic mass is 10.1. The number of aromatic nitrogens is 4. The normalized spacial score (nSPS) is 19.4. The Morgan fingerprint density at radius 2 is 2.03 bits per heavy atom. The number of nitrogens with zero attached hydrogens (tertiary/aromatic N) is 7. The van der Waals surface area contributed by atoms with Crippen LogP contribution in [-0.4, -0.2) is 70.0 Å². The monoisotopic (exact) mass is 564 g/mol. The van der Waals surface area contributed by atoms with Crippen LogP contribution < -0.4 is 9.62 Å². The van der Waals surface area contributed by atoms with E-state index in [4.69, 9.17) is 0 Å². The number of carbonyl (C=O) groups is 1. The SMILES string of the molecule is CC(C)C(=O)N1CCN(c2cc(S(=O)(=O)NC3(C#N)CC3)cn3c(-c4nnc(C(F)F)s4)cnc23)C[C@H]1C. The number of hydrogen-bond acceptors (Lipinski definition) is 9. The Labute approximate surface area is 222 Å². The zero-order valence-corrected chi connectivity index (χ0v) is 22.6. The zero-order chi connectivity index (χ0) is 27.4. The highest BCUT2D eigenvalue weighted by Gasteiger charge is 2.47. The molecule has 202 valence electrons. The summed E-state index contributed by atoms with van der Waals surface area (Å²) in [7, 11) is -4.12. The molecule has 11 nitrogen and oxygen atoms in total. The van der Waals surface area contributed by atoms with Crippen molar-refractivity contribution in [3.8, 4) is 16.8 Å². The van der Waals surface area contributed by atoms with Crippen molar-refractivity contribution in [3.63, 3.8) is 0 Å². The molecule has 4 heterocycles. The summed E-state index contributed by atoms with van der Waals surface area (Å²) < 4.78 is 57.1. The van der Waals surface area contributed by atoms with Gasteiger partial charge in [0.1, 0.15) is 16.1 Å². The number of hydrogen-bond donors (Lipinski definition) is 1. The first kappa shape index (κ1) is 26.4. The van der Waals surface area contributed by atoms with E-state index in [9.17, 15) is 27.3 Å². The Kier molecular flexibility index (Phi) is 6.60. The van der Waals surface area contributed by atoms with Gasteiger partial charge in [0.2, 0.25) is 15.9 Å². The number of rotatable bonds is 7. The van der Waals surface area contributed by atoms with Gasteiger partial charge in [0, 0.05) is 37.8 Å². The molecule has 3 aromatic heterocycles. The second kappa shape index (κ2) is 9.51. The van der Waals surface area contributed by atoms with Crippen LogP contribution >= 0.6 is 11.3 Å². The first-order valence-electron chi connectivity index (χ1n) is 12.1. The molecular weight excluding hydrogens is 538 g/mol. The lowest BCUT2D eigenvalue weighted by molar-refractivity contribution is -0.136. The van der Waals surface area contributed by atoms with Crippen LogP contribution in [0.25, 0.3) is 16.3 Å². The molecule has 0 aromatic carbocycles. The third-order valence-electron chi connectivity index (χ3n) is 6.76. The van der Waals surface area contributed by atoms with Crippen molar-refractivity contribution in [2.24, 2.45) is 5.92 Å². The van der Waals surface area contributed by atoms with Crippen LogP contribution in [0.2, 0.25) is 0 Å². The molecule has 1 saturated carbocycles. The largest absolute Gasteiger partial charge is 0.365 e. The Balaban J connectivity index is 1.60. The molecule has 2 aliphatic rings. The van der Waals surface area contributed by atoms with E-state index in [-0.39, 0.29) is 27.8 Å². The summed E-state index contributed by atoms with van der Waals surface area (Å²) in [5.74, 6) is -0.103. The Morgan fingerprint density at radius 1 is 1.29 bits per heavy atom. The first-order chi connectivity index (χ1) is 17.9. The van der Waals surface area contributed by atoms with Gasteiger partial charge in [-0.15, -0.1) is 10.2 Å². The van der Waals surface area contributed by atoms with Gasteiger partial charge in [-0.2, -0.15) is 9.98 Å². The van der Waals surface area contributed by atoms with Crippen molar-refractivity contribution in [1.29, 1.82) is 5.26 Å². The minimum absolute atomic E-state index is 0.0447. The number of nitriles is 1. The molecule has 1 saturated heterocycles. The van der Waals surface area contributed by atoms with Crippen molar-refractivity contribution >= 4 is 38.6 Å². The van der Waals surface area contributed by atoms with Gasteiger partial charge in [-0.25, -0.2) is 22.2 Å². The molecule has 3 aromatic rings. The van der Waals surface area contributed by atoms with Crippen LogP contribution in [0.3, 0.4) is 0 Å². The zero-order valence-electron chi connectivity index (χ0n) is 20.9. The number of fused-ring (bicyclic) bond motifs is 1. The van der Waals surface area contributed by atoms with Gasteiger partial charge in [-0.1, -0.05) is 25.2 Å². The lowest BCUT2D eigenvalue weighted by Crippen LogP contribution is -2.55. The molecule has 0 unspecified atom stereocenters. The molecule has 1 aliphatic carbocycles. The van der Waals surface area contributed by atoms with Crippen molar-refractivity contribution in [2.45, 2.75) is 56.5 Å². The van der Waals surface area contributed by atoms with E-state index in [0.29, 0.717) is 60.8 Å². The van der Waals surface area contributed by atoms with Gasteiger partial charge < -0.3 is 9.80 Å². The third kappa shape index (κ3) is 4.72. The summed E-state index contributed by atoms with van der Waals surface area (Å²) in [6.07, 6.45) is 0.834. The predicted molar refractivity (Wildman–Crippen MR) is 135 cm³/mol. The van der Waals surface area contributed by atoms with Gasteiger partial charge in [0.25, 0.3) is 6.43 Å². The molecule has 1 amide bonds. The third-order valence-corrected chi connectivity index (χ3v) is 9.21. The molecule has 2 fully saturated rings. The van der Waals surface area contributed by atoms with Gasteiger partial charge in [0.15, 0.2) is 15.7 Å². The Morgan fingerprint density at radius 3 is 2.61 bits per heavy atom. The predicted octanol–water partition coefficient (Wildman–Crippen LogP) is 2.82. The number of imidazole rings is 1. The molecule has 0 spiro atoms. The number of halogens is 2. The maximum atomic E-state index is 13.4. The van der Waals surface area contributed by atoms with E-state index in [1.54, 1.807) is 0 Å². The van der Waals surface area contributed by atoms with Crippen LogP contribution in [0.15, 0.2) is 23.4 Å². The summed E-state index contributed by atoms with van der Waals surface area (Å²) in [5, 5.41) is 16.6. The first-order valence-corrected chi connectivity index (χ1v) is 14.4. The second-order valence-electron chi connectivity index (χ2n) is 9.93. The van der Waals surface area contributed by atoms with Crippen LogP contribution in [-0.2, 0) is 14.8 Å². The van der Waals surface area contributed by atoms with Crippen LogP contribution in [0.1, 0.15) is 45.0 Å². The number of carbonyl (C=O) groups excluding carboxylic acids is 1. The highest BCUT2D eigenvalue weighted by Crippen LogP contribution is 2.38.